The van der Waals surface area contributed by atoms with E-state index in [2.05, 4.69) is 34.6 Å². The predicted octanol–water partition coefficient (Wildman–Crippen LogP) is 2.60. The van der Waals surface area contributed by atoms with Gasteiger partial charge in [0.05, 0.1) is 11.2 Å². The van der Waals surface area contributed by atoms with Crippen molar-refractivity contribution in [2.24, 2.45) is 5.92 Å². The van der Waals surface area contributed by atoms with Gasteiger partial charge in [0.15, 0.2) is 0 Å². The summed E-state index contributed by atoms with van der Waals surface area (Å²) in [5.74, 6) is 0.683. The van der Waals surface area contributed by atoms with Crippen molar-refractivity contribution in [3.63, 3.8) is 0 Å². The van der Waals surface area contributed by atoms with Crippen LogP contribution in [0.5, 0.6) is 0 Å². The van der Waals surface area contributed by atoms with Crippen LogP contribution in [0.1, 0.15) is 41.0 Å². The maximum atomic E-state index is 5.64. The summed E-state index contributed by atoms with van der Waals surface area (Å²) in [4.78, 5) is 0. The molecule has 1 heterocycles. The molecule has 0 aliphatic carbocycles. The first-order chi connectivity index (χ1) is 4.44. The van der Waals surface area contributed by atoms with E-state index in [1.54, 1.807) is 0 Å². The van der Waals surface area contributed by atoms with Gasteiger partial charge in [0.2, 0.25) is 0 Å². The van der Waals surface area contributed by atoms with Crippen LogP contribution in [0.2, 0.25) is 0 Å². The molecule has 0 aromatic carbocycles. The van der Waals surface area contributed by atoms with Gasteiger partial charge in [-0.1, -0.05) is 20.3 Å². The van der Waals surface area contributed by atoms with Crippen molar-refractivity contribution >= 4 is 0 Å². The van der Waals surface area contributed by atoms with Crippen molar-refractivity contribution in [1.29, 1.82) is 0 Å². The zero-order valence-electron chi connectivity index (χ0n) is 7.69. The fourth-order valence-electron chi connectivity index (χ4n) is 1.59. The van der Waals surface area contributed by atoms with E-state index in [1.165, 1.54) is 6.42 Å². The lowest BCUT2D eigenvalue weighted by Gasteiger charge is -2.15. The fourth-order valence-corrected chi connectivity index (χ4v) is 1.59. The molecule has 0 radical (unpaired) electrons. The van der Waals surface area contributed by atoms with Crippen LogP contribution < -0.4 is 0 Å². The molecule has 1 aliphatic heterocycles. The molecule has 2 atom stereocenters. The predicted molar refractivity (Wildman–Crippen MR) is 43.0 cm³/mol. The molecule has 0 bridgehead atoms. The van der Waals surface area contributed by atoms with Crippen LogP contribution in [0.4, 0.5) is 0 Å². The van der Waals surface area contributed by atoms with E-state index in [-0.39, 0.29) is 11.2 Å². The van der Waals surface area contributed by atoms with Crippen LogP contribution in [0.15, 0.2) is 0 Å². The van der Waals surface area contributed by atoms with Gasteiger partial charge in [0, 0.05) is 0 Å². The van der Waals surface area contributed by atoms with Gasteiger partial charge in [-0.3, -0.25) is 0 Å². The molecule has 0 amide bonds. The highest BCUT2D eigenvalue weighted by atomic mass is 16.6. The molecule has 0 spiro atoms. The van der Waals surface area contributed by atoms with E-state index in [0.717, 1.165) is 0 Å². The average Bonchev–Trinajstić information content (AvgIpc) is 2.32. The zero-order chi connectivity index (χ0) is 7.99. The van der Waals surface area contributed by atoms with Crippen molar-refractivity contribution in [3.8, 4) is 0 Å². The standard InChI is InChI=1S/C9H18O/c1-6-7(2)9(5)8(3,4)10-9/h7H,6H2,1-5H3. The van der Waals surface area contributed by atoms with Gasteiger partial charge < -0.3 is 4.74 Å². The molecule has 1 saturated heterocycles. The molecule has 1 aliphatic rings. The quantitative estimate of drug-likeness (QED) is 0.540. The van der Waals surface area contributed by atoms with Gasteiger partial charge in [-0.05, 0) is 26.7 Å². The van der Waals surface area contributed by atoms with Crippen molar-refractivity contribution in [3.05, 3.63) is 0 Å². The minimum absolute atomic E-state index is 0.127. The number of epoxide rings is 1. The van der Waals surface area contributed by atoms with Gasteiger partial charge >= 0.3 is 0 Å². The Morgan fingerprint density at radius 2 is 1.70 bits per heavy atom. The molecule has 0 aromatic rings. The Morgan fingerprint density at radius 3 is 1.80 bits per heavy atom. The van der Waals surface area contributed by atoms with Gasteiger partial charge in [-0.25, -0.2) is 0 Å². The van der Waals surface area contributed by atoms with Crippen LogP contribution in [0.25, 0.3) is 0 Å². The normalized spacial score (nSPS) is 39.3. The first kappa shape index (κ1) is 8.06. The maximum Gasteiger partial charge on any atom is 0.0971 e. The Bertz CT molecular complexity index is 140. The van der Waals surface area contributed by atoms with Crippen molar-refractivity contribution in [2.45, 2.75) is 52.2 Å². The van der Waals surface area contributed by atoms with Crippen LogP contribution >= 0.6 is 0 Å². The number of hydrogen-bond donors (Lipinski definition) is 0. The van der Waals surface area contributed by atoms with Crippen molar-refractivity contribution in [1.82, 2.24) is 0 Å². The van der Waals surface area contributed by atoms with Gasteiger partial charge in [-0.15, -0.1) is 0 Å². The third-order valence-electron chi connectivity index (χ3n) is 3.17. The molecule has 0 N–H and O–H groups in total. The van der Waals surface area contributed by atoms with E-state index >= 15 is 0 Å². The molecule has 60 valence electrons. The molecule has 10 heavy (non-hydrogen) atoms. The summed E-state index contributed by atoms with van der Waals surface area (Å²) < 4.78 is 5.64. The lowest BCUT2D eigenvalue weighted by molar-refractivity contribution is 0.232. The number of hydrogen-bond acceptors (Lipinski definition) is 1. The number of rotatable bonds is 2. The highest BCUT2D eigenvalue weighted by molar-refractivity contribution is 5.09. The average molecular weight is 142 g/mol. The van der Waals surface area contributed by atoms with Crippen LogP contribution in [0.3, 0.4) is 0 Å². The first-order valence-corrected chi connectivity index (χ1v) is 4.14. The Labute approximate surface area is 63.8 Å². The summed E-state index contributed by atoms with van der Waals surface area (Å²) in [5.41, 5.74) is 0.282. The first-order valence-electron chi connectivity index (χ1n) is 4.14. The zero-order valence-corrected chi connectivity index (χ0v) is 7.69. The maximum absolute atomic E-state index is 5.64. The van der Waals surface area contributed by atoms with E-state index in [0.29, 0.717) is 5.92 Å². The monoisotopic (exact) mass is 142 g/mol. The second-order valence-electron chi connectivity index (χ2n) is 4.03. The van der Waals surface area contributed by atoms with Crippen LogP contribution in [-0.2, 0) is 4.74 Å². The summed E-state index contributed by atoms with van der Waals surface area (Å²) in [6, 6.07) is 0. The summed E-state index contributed by atoms with van der Waals surface area (Å²) >= 11 is 0. The third kappa shape index (κ3) is 0.878. The highest BCUT2D eigenvalue weighted by Gasteiger charge is 2.62. The molecule has 0 saturated carbocycles. The van der Waals surface area contributed by atoms with Crippen molar-refractivity contribution < 1.29 is 4.74 Å². The second-order valence-corrected chi connectivity index (χ2v) is 4.03. The fraction of sp³-hybridized carbons (Fsp3) is 1.00. The summed E-state index contributed by atoms with van der Waals surface area (Å²) in [7, 11) is 0. The SMILES string of the molecule is CCC(C)C1(C)OC1(C)C. The lowest BCUT2D eigenvalue weighted by Crippen LogP contribution is -2.24. The Balaban J connectivity index is 2.58. The second kappa shape index (κ2) is 1.97. The summed E-state index contributed by atoms with van der Waals surface area (Å²) in [5, 5.41) is 0. The van der Waals surface area contributed by atoms with Gasteiger partial charge in [0.1, 0.15) is 0 Å². The molecule has 2 unspecified atom stereocenters. The van der Waals surface area contributed by atoms with E-state index in [4.69, 9.17) is 4.74 Å². The lowest BCUT2D eigenvalue weighted by atomic mass is 9.85. The van der Waals surface area contributed by atoms with E-state index in [1.807, 2.05) is 0 Å². The Morgan fingerprint density at radius 1 is 1.30 bits per heavy atom. The molecule has 1 nitrogen and oxygen atoms in total. The van der Waals surface area contributed by atoms with Crippen LogP contribution in [-0.4, -0.2) is 11.2 Å². The molecular weight excluding hydrogens is 124 g/mol. The highest BCUT2D eigenvalue weighted by Crippen LogP contribution is 2.52. The minimum atomic E-state index is 0.127. The largest absolute Gasteiger partial charge is 0.363 e. The van der Waals surface area contributed by atoms with Gasteiger partial charge in [0.25, 0.3) is 0 Å². The molecular formula is C9H18O. The molecule has 1 rings (SSSR count). The molecule has 1 heteroatoms. The minimum Gasteiger partial charge on any atom is -0.363 e. The Hall–Kier alpha value is -0.0400. The third-order valence-corrected chi connectivity index (χ3v) is 3.17. The molecule has 0 aromatic heterocycles. The summed E-state index contributed by atoms with van der Waals surface area (Å²) in [6.45, 7) is 11.0. The summed E-state index contributed by atoms with van der Waals surface area (Å²) in [6.07, 6.45) is 1.21. The smallest absolute Gasteiger partial charge is 0.0971 e. The molecule has 1 fully saturated rings. The topological polar surface area (TPSA) is 12.5 Å². The van der Waals surface area contributed by atoms with E-state index < -0.39 is 0 Å². The van der Waals surface area contributed by atoms with E-state index in [9.17, 15) is 0 Å². The number of ether oxygens (including phenoxy) is 1. The van der Waals surface area contributed by atoms with Crippen LogP contribution in [0, 0.1) is 5.92 Å². The van der Waals surface area contributed by atoms with Crippen molar-refractivity contribution in [2.75, 3.05) is 0 Å². The Kier molecular flexibility index (Phi) is 1.59. The van der Waals surface area contributed by atoms with Gasteiger partial charge in [-0.2, -0.15) is 0 Å².